The summed E-state index contributed by atoms with van der Waals surface area (Å²) in [5, 5.41) is 14.1. The Hall–Kier alpha value is -3.78. The number of hydrogen-bond donors (Lipinski definition) is 3. The highest BCUT2D eigenvalue weighted by Crippen LogP contribution is 2.26. The van der Waals surface area contributed by atoms with Crippen molar-refractivity contribution >= 4 is 33.7 Å². The minimum Gasteiger partial charge on any atom is -0.494 e. The third-order valence-corrected chi connectivity index (χ3v) is 4.61. The van der Waals surface area contributed by atoms with E-state index in [4.69, 9.17) is 10.5 Å². The first-order valence-electron chi connectivity index (χ1n) is 8.98. The number of carbonyl (C=O) groups excluding carboxylic acids is 1. The molecule has 0 aliphatic carbocycles. The quantitative estimate of drug-likeness (QED) is 0.478. The Morgan fingerprint density at radius 1 is 1.10 bits per heavy atom. The molecule has 0 fully saturated rings. The SMILES string of the molecule is COc1cccc2c(C(=O)NC(CO)c3ccc4ccccc4n3)nc(N)nc12. The number of nitrogens with two attached hydrogens (primary N) is 1. The number of pyridine rings is 1. The summed E-state index contributed by atoms with van der Waals surface area (Å²) in [5.74, 6) is -0.0524. The number of benzene rings is 2. The number of rotatable bonds is 5. The average Bonchev–Trinajstić information content (AvgIpc) is 2.76. The Morgan fingerprint density at radius 2 is 1.93 bits per heavy atom. The second-order valence-corrected chi connectivity index (χ2v) is 6.42. The van der Waals surface area contributed by atoms with E-state index in [-0.39, 0.29) is 18.2 Å². The van der Waals surface area contributed by atoms with Crippen molar-refractivity contribution in [2.45, 2.75) is 6.04 Å². The van der Waals surface area contributed by atoms with Gasteiger partial charge < -0.3 is 20.9 Å². The van der Waals surface area contributed by atoms with Gasteiger partial charge >= 0.3 is 0 Å². The van der Waals surface area contributed by atoms with Crippen molar-refractivity contribution in [2.24, 2.45) is 0 Å². The summed E-state index contributed by atoms with van der Waals surface area (Å²) >= 11 is 0. The first-order chi connectivity index (χ1) is 14.1. The van der Waals surface area contributed by atoms with Crippen LogP contribution in [-0.2, 0) is 0 Å². The van der Waals surface area contributed by atoms with Crippen molar-refractivity contribution in [3.63, 3.8) is 0 Å². The fourth-order valence-corrected chi connectivity index (χ4v) is 3.20. The Kier molecular flexibility index (Phi) is 4.92. The molecule has 2 aromatic heterocycles. The van der Waals surface area contributed by atoms with Gasteiger partial charge in [0, 0.05) is 10.8 Å². The van der Waals surface area contributed by atoms with Crippen molar-refractivity contribution in [3.05, 3.63) is 66.0 Å². The van der Waals surface area contributed by atoms with Gasteiger partial charge in [0.1, 0.15) is 17.0 Å². The molecule has 4 aromatic rings. The number of amides is 1. The van der Waals surface area contributed by atoms with E-state index in [1.807, 2.05) is 30.3 Å². The first kappa shape index (κ1) is 18.6. The van der Waals surface area contributed by atoms with Crippen molar-refractivity contribution < 1.29 is 14.6 Å². The molecule has 0 aliphatic rings. The van der Waals surface area contributed by atoms with Crippen LogP contribution in [0.3, 0.4) is 0 Å². The molecule has 4 N–H and O–H groups in total. The van der Waals surface area contributed by atoms with Crippen molar-refractivity contribution in [1.29, 1.82) is 0 Å². The van der Waals surface area contributed by atoms with Gasteiger partial charge in [-0.25, -0.2) is 9.97 Å². The molecule has 1 unspecified atom stereocenters. The highest BCUT2D eigenvalue weighted by molar-refractivity contribution is 6.06. The zero-order chi connectivity index (χ0) is 20.4. The molecule has 0 saturated heterocycles. The first-order valence-corrected chi connectivity index (χ1v) is 8.98. The number of carbonyl (C=O) groups is 1. The number of fused-ring (bicyclic) bond motifs is 2. The maximum absolute atomic E-state index is 13.0. The van der Waals surface area contributed by atoms with Gasteiger partial charge in [-0.1, -0.05) is 36.4 Å². The third-order valence-electron chi connectivity index (χ3n) is 4.61. The van der Waals surface area contributed by atoms with Crippen LogP contribution >= 0.6 is 0 Å². The van der Waals surface area contributed by atoms with Gasteiger partial charge in [0.15, 0.2) is 0 Å². The summed E-state index contributed by atoms with van der Waals surface area (Å²) in [6, 6.07) is 15.8. The molecule has 146 valence electrons. The Labute approximate surface area is 166 Å². The number of aromatic nitrogens is 3. The minimum atomic E-state index is -0.705. The van der Waals surface area contributed by atoms with E-state index in [1.165, 1.54) is 7.11 Å². The second-order valence-electron chi connectivity index (χ2n) is 6.42. The van der Waals surface area contributed by atoms with Crippen molar-refractivity contribution in [2.75, 3.05) is 19.5 Å². The number of nitrogen functional groups attached to an aromatic ring is 1. The van der Waals surface area contributed by atoms with Crippen LogP contribution in [0.2, 0.25) is 0 Å². The van der Waals surface area contributed by atoms with Gasteiger partial charge in [0.2, 0.25) is 5.95 Å². The van der Waals surface area contributed by atoms with E-state index >= 15 is 0 Å². The topological polar surface area (TPSA) is 123 Å². The summed E-state index contributed by atoms with van der Waals surface area (Å²) in [5.41, 5.74) is 7.67. The summed E-state index contributed by atoms with van der Waals surface area (Å²) in [6.45, 7) is -0.321. The molecule has 0 radical (unpaired) electrons. The summed E-state index contributed by atoms with van der Waals surface area (Å²) in [6.07, 6.45) is 0. The van der Waals surface area contributed by atoms with Crippen LogP contribution in [0.5, 0.6) is 5.75 Å². The van der Waals surface area contributed by atoms with E-state index in [0.29, 0.717) is 22.3 Å². The zero-order valence-electron chi connectivity index (χ0n) is 15.7. The molecule has 0 spiro atoms. The molecule has 0 aliphatic heterocycles. The molecular weight excluding hydrogens is 370 g/mol. The molecule has 1 atom stereocenters. The summed E-state index contributed by atoms with van der Waals surface area (Å²) < 4.78 is 5.30. The standard InChI is InChI=1S/C21H19N5O3/c1-29-17-8-4-6-13-18(17)25-21(22)26-19(13)20(28)24-16(11-27)15-10-9-12-5-2-3-7-14(12)23-15/h2-10,16,27H,11H2,1H3,(H,24,28)(H2,22,25,26). The number of methoxy groups -OCH3 is 1. The van der Waals surface area contributed by atoms with E-state index < -0.39 is 11.9 Å². The number of para-hydroxylation sites is 2. The average molecular weight is 389 g/mol. The summed E-state index contributed by atoms with van der Waals surface area (Å²) in [7, 11) is 1.51. The van der Waals surface area contributed by atoms with Crippen molar-refractivity contribution in [1.82, 2.24) is 20.3 Å². The van der Waals surface area contributed by atoms with Gasteiger partial charge in [0.05, 0.1) is 31.0 Å². The molecule has 8 nitrogen and oxygen atoms in total. The molecule has 2 heterocycles. The highest BCUT2D eigenvalue weighted by Gasteiger charge is 2.21. The lowest BCUT2D eigenvalue weighted by Crippen LogP contribution is -2.32. The number of nitrogens with one attached hydrogen (secondary N) is 1. The fourth-order valence-electron chi connectivity index (χ4n) is 3.20. The lowest BCUT2D eigenvalue weighted by atomic mass is 10.1. The highest BCUT2D eigenvalue weighted by atomic mass is 16.5. The predicted octanol–water partition coefficient (Wildman–Crippen LogP) is 2.23. The molecule has 8 heteroatoms. The molecule has 1 amide bonds. The molecule has 4 rings (SSSR count). The Balaban J connectivity index is 1.70. The van der Waals surface area contributed by atoms with Crippen LogP contribution in [0.1, 0.15) is 22.2 Å². The Morgan fingerprint density at radius 3 is 2.72 bits per heavy atom. The van der Waals surface area contributed by atoms with Crippen LogP contribution in [0.4, 0.5) is 5.95 Å². The number of hydrogen-bond acceptors (Lipinski definition) is 7. The largest absolute Gasteiger partial charge is 0.494 e. The smallest absolute Gasteiger partial charge is 0.271 e. The number of ether oxygens (including phenoxy) is 1. The normalized spacial score (nSPS) is 12.1. The second kappa shape index (κ2) is 7.69. The van der Waals surface area contributed by atoms with Crippen LogP contribution < -0.4 is 15.8 Å². The molecule has 0 bridgehead atoms. The van der Waals surface area contributed by atoms with Crippen LogP contribution in [0, 0.1) is 0 Å². The number of nitrogens with zero attached hydrogens (tertiary/aromatic N) is 3. The van der Waals surface area contributed by atoms with E-state index in [1.54, 1.807) is 24.3 Å². The number of aliphatic hydroxyl groups is 1. The number of aliphatic hydroxyl groups excluding tert-OH is 1. The number of anilines is 1. The van der Waals surface area contributed by atoms with E-state index in [0.717, 1.165) is 10.9 Å². The van der Waals surface area contributed by atoms with Crippen LogP contribution in [0.15, 0.2) is 54.6 Å². The molecule has 2 aromatic carbocycles. The van der Waals surface area contributed by atoms with Crippen LogP contribution in [0.25, 0.3) is 21.8 Å². The summed E-state index contributed by atoms with van der Waals surface area (Å²) in [4.78, 5) is 25.8. The van der Waals surface area contributed by atoms with Gasteiger partial charge in [-0.15, -0.1) is 0 Å². The molecular formula is C21H19N5O3. The van der Waals surface area contributed by atoms with Crippen molar-refractivity contribution in [3.8, 4) is 5.75 Å². The van der Waals surface area contributed by atoms with E-state index in [2.05, 4.69) is 20.3 Å². The maximum atomic E-state index is 13.0. The van der Waals surface area contributed by atoms with Gasteiger partial charge in [-0.3, -0.25) is 9.78 Å². The van der Waals surface area contributed by atoms with Gasteiger partial charge in [-0.2, -0.15) is 0 Å². The monoisotopic (exact) mass is 389 g/mol. The van der Waals surface area contributed by atoms with Crippen LogP contribution in [-0.4, -0.2) is 39.7 Å². The van der Waals surface area contributed by atoms with Gasteiger partial charge in [0.25, 0.3) is 5.91 Å². The predicted molar refractivity (Wildman–Crippen MR) is 110 cm³/mol. The van der Waals surface area contributed by atoms with Gasteiger partial charge in [-0.05, 0) is 18.2 Å². The van der Waals surface area contributed by atoms with E-state index in [9.17, 15) is 9.90 Å². The minimum absolute atomic E-state index is 0.0449. The maximum Gasteiger partial charge on any atom is 0.271 e. The third kappa shape index (κ3) is 3.53. The fraction of sp³-hybridized carbons (Fsp3) is 0.143. The lowest BCUT2D eigenvalue weighted by molar-refractivity contribution is 0.0911. The zero-order valence-corrected chi connectivity index (χ0v) is 15.7. The molecule has 29 heavy (non-hydrogen) atoms. The Bertz CT molecular complexity index is 1210. The lowest BCUT2D eigenvalue weighted by Gasteiger charge is -2.17. The molecule has 0 saturated carbocycles.